The van der Waals surface area contributed by atoms with Crippen LogP contribution < -0.4 is 10.1 Å². The van der Waals surface area contributed by atoms with E-state index in [1.54, 1.807) is 0 Å². The molecule has 0 heterocycles. The lowest BCUT2D eigenvalue weighted by atomic mass is 10.1. The zero-order valence-corrected chi connectivity index (χ0v) is 10.7. The zero-order valence-electron chi connectivity index (χ0n) is 10.7. The fourth-order valence-electron chi connectivity index (χ4n) is 1.40. The molecule has 1 aromatic carbocycles. The van der Waals surface area contributed by atoms with Crippen molar-refractivity contribution in [2.45, 2.75) is 27.2 Å². The van der Waals surface area contributed by atoms with Crippen molar-refractivity contribution in [3.63, 3.8) is 0 Å². The molecule has 1 rings (SSSR count). The molecule has 0 spiro atoms. The molecule has 0 bridgehead atoms. The first-order valence-corrected chi connectivity index (χ1v) is 5.76. The molecule has 1 amide bonds. The Bertz CT molecular complexity index is 424. The third-order valence-electron chi connectivity index (χ3n) is 2.50. The second kappa shape index (κ2) is 6.09. The summed E-state index contributed by atoms with van der Waals surface area (Å²) in [5.41, 5.74) is 2.97. The van der Waals surface area contributed by atoms with Crippen LogP contribution in [0.15, 0.2) is 24.8 Å². The second-order valence-corrected chi connectivity index (χ2v) is 3.97. The van der Waals surface area contributed by atoms with Gasteiger partial charge >= 0.3 is 0 Å². The number of ether oxygens (including phenoxy) is 1. The van der Waals surface area contributed by atoms with Crippen LogP contribution >= 0.6 is 0 Å². The lowest BCUT2D eigenvalue weighted by Crippen LogP contribution is -2.10. The van der Waals surface area contributed by atoms with Crippen molar-refractivity contribution in [2.75, 3.05) is 11.9 Å². The maximum Gasteiger partial charge on any atom is 0.247 e. The zero-order chi connectivity index (χ0) is 12.8. The van der Waals surface area contributed by atoms with Crippen LogP contribution in [0.1, 0.15) is 24.5 Å². The van der Waals surface area contributed by atoms with Crippen molar-refractivity contribution in [3.8, 4) is 5.75 Å². The van der Waals surface area contributed by atoms with Crippen molar-refractivity contribution in [3.05, 3.63) is 35.9 Å². The van der Waals surface area contributed by atoms with Gasteiger partial charge in [-0.15, -0.1) is 0 Å². The van der Waals surface area contributed by atoms with E-state index in [0.29, 0.717) is 18.0 Å². The van der Waals surface area contributed by atoms with Gasteiger partial charge in [0.1, 0.15) is 5.75 Å². The van der Waals surface area contributed by atoms with Gasteiger partial charge in [0, 0.05) is 0 Å². The number of rotatable bonds is 5. The van der Waals surface area contributed by atoms with Crippen LogP contribution in [-0.2, 0) is 4.79 Å². The minimum absolute atomic E-state index is 0.227. The van der Waals surface area contributed by atoms with Gasteiger partial charge in [-0.2, -0.15) is 0 Å². The van der Waals surface area contributed by atoms with Gasteiger partial charge in [0.15, 0.2) is 0 Å². The SMILES string of the molecule is C=CC(=O)Nc1cc(C)c(C)cc1OCCC. The van der Waals surface area contributed by atoms with Crippen LogP contribution in [0.2, 0.25) is 0 Å². The van der Waals surface area contributed by atoms with Crippen LogP contribution in [0.3, 0.4) is 0 Å². The van der Waals surface area contributed by atoms with Gasteiger partial charge in [0.05, 0.1) is 12.3 Å². The van der Waals surface area contributed by atoms with Crippen molar-refractivity contribution >= 4 is 11.6 Å². The molecule has 0 saturated carbocycles. The largest absolute Gasteiger partial charge is 0.491 e. The lowest BCUT2D eigenvalue weighted by Gasteiger charge is -2.13. The minimum atomic E-state index is -0.227. The number of hydrogen-bond donors (Lipinski definition) is 1. The van der Waals surface area contributed by atoms with Crippen molar-refractivity contribution in [1.82, 2.24) is 0 Å². The second-order valence-electron chi connectivity index (χ2n) is 3.97. The van der Waals surface area contributed by atoms with Gasteiger partial charge < -0.3 is 10.1 Å². The molecule has 0 unspecified atom stereocenters. The summed E-state index contributed by atoms with van der Waals surface area (Å²) >= 11 is 0. The quantitative estimate of drug-likeness (QED) is 0.793. The minimum Gasteiger partial charge on any atom is -0.491 e. The van der Waals surface area contributed by atoms with Crippen LogP contribution in [0.5, 0.6) is 5.75 Å². The van der Waals surface area contributed by atoms with Gasteiger partial charge in [-0.1, -0.05) is 13.5 Å². The highest BCUT2D eigenvalue weighted by Gasteiger charge is 2.08. The van der Waals surface area contributed by atoms with Gasteiger partial charge in [0.2, 0.25) is 5.91 Å². The molecule has 0 atom stereocenters. The van der Waals surface area contributed by atoms with Gasteiger partial charge in [-0.3, -0.25) is 4.79 Å². The van der Waals surface area contributed by atoms with Crippen LogP contribution in [0, 0.1) is 13.8 Å². The standard InChI is InChI=1S/C14H19NO2/c1-5-7-17-13-9-11(4)10(3)8-12(13)15-14(16)6-2/h6,8-9H,2,5,7H2,1,3-4H3,(H,15,16). The van der Waals surface area contributed by atoms with Crippen molar-refractivity contribution in [1.29, 1.82) is 0 Å². The highest BCUT2D eigenvalue weighted by molar-refractivity contribution is 6.00. The van der Waals surface area contributed by atoms with E-state index in [1.165, 1.54) is 6.08 Å². The summed E-state index contributed by atoms with van der Waals surface area (Å²) in [6.45, 7) is 10.1. The van der Waals surface area contributed by atoms with E-state index in [1.807, 2.05) is 32.9 Å². The summed E-state index contributed by atoms with van der Waals surface area (Å²) in [5, 5.41) is 2.76. The molecule has 0 radical (unpaired) electrons. The first kappa shape index (κ1) is 13.3. The predicted octanol–water partition coefficient (Wildman–Crippen LogP) is 3.22. The molecule has 0 aromatic heterocycles. The number of carbonyl (C=O) groups excluding carboxylic acids is 1. The predicted molar refractivity (Wildman–Crippen MR) is 70.5 cm³/mol. The molecular formula is C14H19NO2. The molecule has 0 fully saturated rings. The fourth-order valence-corrected chi connectivity index (χ4v) is 1.40. The Hall–Kier alpha value is -1.77. The molecule has 1 aromatic rings. The monoisotopic (exact) mass is 233 g/mol. The third kappa shape index (κ3) is 3.63. The average Bonchev–Trinajstić information content (AvgIpc) is 2.31. The maximum atomic E-state index is 11.3. The summed E-state index contributed by atoms with van der Waals surface area (Å²) in [4.78, 5) is 11.3. The number of benzene rings is 1. The topological polar surface area (TPSA) is 38.3 Å². The summed E-state index contributed by atoms with van der Waals surface area (Å²) in [7, 11) is 0. The Labute approximate surface area is 102 Å². The van der Waals surface area contributed by atoms with Crippen LogP contribution in [0.25, 0.3) is 0 Å². The average molecular weight is 233 g/mol. The summed E-state index contributed by atoms with van der Waals surface area (Å²) in [5.74, 6) is 0.486. The van der Waals surface area contributed by atoms with Crippen molar-refractivity contribution in [2.24, 2.45) is 0 Å². The van der Waals surface area contributed by atoms with Gasteiger partial charge in [0.25, 0.3) is 0 Å². The van der Waals surface area contributed by atoms with Gasteiger partial charge in [-0.05, 0) is 49.6 Å². The highest BCUT2D eigenvalue weighted by atomic mass is 16.5. The normalized spacial score (nSPS) is 9.82. The smallest absolute Gasteiger partial charge is 0.247 e. The molecule has 3 nitrogen and oxygen atoms in total. The van der Waals surface area contributed by atoms with E-state index in [-0.39, 0.29) is 5.91 Å². The first-order valence-electron chi connectivity index (χ1n) is 5.76. The Morgan fingerprint density at radius 3 is 2.65 bits per heavy atom. The highest BCUT2D eigenvalue weighted by Crippen LogP contribution is 2.28. The number of carbonyl (C=O) groups is 1. The first-order chi connectivity index (χ1) is 8.08. The van der Waals surface area contributed by atoms with E-state index in [2.05, 4.69) is 11.9 Å². The Morgan fingerprint density at radius 2 is 2.06 bits per heavy atom. The molecule has 0 saturated heterocycles. The Morgan fingerprint density at radius 1 is 1.41 bits per heavy atom. The molecule has 0 aliphatic heterocycles. The van der Waals surface area contributed by atoms with Crippen LogP contribution in [-0.4, -0.2) is 12.5 Å². The number of anilines is 1. The molecule has 92 valence electrons. The van der Waals surface area contributed by atoms with E-state index >= 15 is 0 Å². The lowest BCUT2D eigenvalue weighted by molar-refractivity contribution is -0.111. The number of aryl methyl sites for hydroxylation is 2. The molecule has 3 heteroatoms. The summed E-state index contributed by atoms with van der Waals surface area (Å²) in [6, 6.07) is 3.87. The van der Waals surface area contributed by atoms with E-state index in [0.717, 1.165) is 17.5 Å². The van der Waals surface area contributed by atoms with E-state index in [4.69, 9.17) is 4.74 Å². The van der Waals surface area contributed by atoms with Crippen molar-refractivity contribution < 1.29 is 9.53 Å². The van der Waals surface area contributed by atoms with E-state index < -0.39 is 0 Å². The summed E-state index contributed by atoms with van der Waals surface area (Å²) < 4.78 is 5.62. The Balaban J connectivity index is 3.02. The maximum absolute atomic E-state index is 11.3. The third-order valence-corrected chi connectivity index (χ3v) is 2.50. The van der Waals surface area contributed by atoms with Crippen LogP contribution in [0.4, 0.5) is 5.69 Å². The molecular weight excluding hydrogens is 214 g/mol. The molecule has 1 N–H and O–H groups in total. The summed E-state index contributed by atoms with van der Waals surface area (Å²) in [6.07, 6.45) is 2.18. The van der Waals surface area contributed by atoms with Gasteiger partial charge in [-0.25, -0.2) is 0 Å². The molecule has 17 heavy (non-hydrogen) atoms. The molecule has 0 aliphatic carbocycles. The number of hydrogen-bond acceptors (Lipinski definition) is 2. The number of amides is 1. The van der Waals surface area contributed by atoms with E-state index in [9.17, 15) is 4.79 Å². The Kier molecular flexibility index (Phi) is 4.76. The number of nitrogens with one attached hydrogen (secondary N) is 1. The molecule has 0 aliphatic rings. The fraction of sp³-hybridized carbons (Fsp3) is 0.357.